The number of nitrogens with zero attached hydrogens (tertiary/aromatic N) is 2. The maximum absolute atomic E-state index is 12.8. The SMILES string of the molecule is CCCCCC1=C(c2cc(CCCC)c(CCCC)c(CCCC)c2)[N+](=[N-])C(c2cc(CCCC)c(CCCC)c(CCCC)c2)=C1CCCC.CCCCO.CCCCO.[Ni]. The van der Waals surface area contributed by atoms with Gasteiger partial charge in [0, 0.05) is 52.0 Å². The molecular weight excluding hydrogens is 803 g/mol. The van der Waals surface area contributed by atoms with E-state index < -0.39 is 0 Å². The molecule has 1 aliphatic heterocycles. The zero-order valence-electron chi connectivity index (χ0n) is 42.3. The minimum absolute atomic E-state index is 0. The van der Waals surface area contributed by atoms with Crippen LogP contribution in [0, 0.1) is 0 Å². The summed E-state index contributed by atoms with van der Waals surface area (Å²) in [5.41, 5.74) is 29.6. The molecule has 62 heavy (non-hydrogen) atoms. The van der Waals surface area contributed by atoms with Crippen LogP contribution in [0.1, 0.15) is 261 Å². The molecular formula is C57H98N2NiO2. The van der Waals surface area contributed by atoms with Crippen LogP contribution in [0.2, 0.25) is 0 Å². The summed E-state index contributed by atoms with van der Waals surface area (Å²) < 4.78 is 1.70. The topological polar surface area (TPSA) is 65.8 Å². The second-order valence-corrected chi connectivity index (χ2v) is 17.8. The zero-order chi connectivity index (χ0) is 45.3. The number of rotatable bonds is 31. The van der Waals surface area contributed by atoms with Gasteiger partial charge < -0.3 is 15.7 Å². The van der Waals surface area contributed by atoms with Crippen molar-refractivity contribution in [1.82, 2.24) is 0 Å². The standard InChI is InChI=1S/C49H78N2.2C4H10O.Ni/c1-9-17-25-33-47-46(32-24-16-8)48(42-34-38(26-18-10-2)44(30-22-14-6)39(35-42)27-19-11-3)51(50)49(47)43-36-40(28-20-12-4)45(31-23-15-7)41(37-43)29-21-13-5;2*1-2-3-4-5;/h34-37H,9-33H2,1-8H3;2*5H,2-4H2,1H3;. The molecule has 0 aliphatic carbocycles. The smallest absolute Gasteiger partial charge is 0.211 e. The molecule has 0 spiro atoms. The van der Waals surface area contributed by atoms with Crippen LogP contribution in [0.15, 0.2) is 35.4 Å². The Morgan fingerprint density at radius 3 is 0.871 bits per heavy atom. The van der Waals surface area contributed by atoms with Crippen LogP contribution >= 0.6 is 0 Å². The van der Waals surface area contributed by atoms with Gasteiger partial charge in [-0.1, -0.05) is 140 Å². The van der Waals surface area contributed by atoms with Gasteiger partial charge >= 0.3 is 0 Å². The van der Waals surface area contributed by atoms with Crippen molar-refractivity contribution in [3.63, 3.8) is 0 Å². The number of benzene rings is 2. The maximum Gasteiger partial charge on any atom is 0.211 e. The molecule has 2 aromatic carbocycles. The fraction of sp³-hybridized carbons (Fsp3) is 0.719. The molecule has 0 radical (unpaired) electrons. The Bertz CT molecular complexity index is 1470. The van der Waals surface area contributed by atoms with Gasteiger partial charge in [-0.05, 0) is 173 Å². The molecule has 2 aromatic rings. The van der Waals surface area contributed by atoms with E-state index >= 15 is 0 Å². The third kappa shape index (κ3) is 20.8. The van der Waals surface area contributed by atoms with Crippen LogP contribution in [-0.2, 0) is 55.0 Å². The largest absolute Gasteiger partial charge is 0.493 e. The van der Waals surface area contributed by atoms with Gasteiger partial charge in [0.2, 0.25) is 11.4 Å². The predicted molar refractivity (Wildman–Crippen MR) is 270 cm³/mol. The number of aliphatic hydroxyl groups is 2. The summed E-state index contributed by atoms with van der Waals surface area (Å²) in [6.07, 6.45) is 33.6. The van der Waals surface area contributed by atoms with Crippen molar-refractivity contribution >= 4 is 11.4 Å². The van der Waals surface area contributed by atoms with Gasteiger partial charge in [-0.3, -0.25) is 0 Å². The van der Waals surface area contributed by atoms with Crippen LogP contribution in [0.5, 0.6) is 0 Å². The summed E-state index contributed by atoms with van der Waals surface area (Å²) in [7, 11) is 0. The van der Waals surface area contributed by atoms with E-state index in [4.69, 9.17) is 10.2 Å². The average molecular weight is 902 g/mol. The van der Waals surface area contributed by atoms with E-state index in [9.17, 15) is 5.53 Å². The Labute approximate surface area is 395 Å². The van der Waals surface area contributed by atoms with E-state index in [1.807, 2.05) is 0 Å². The molecule has 0 fully saturated rings. The third-order valence-corrected chi connectivity index (χ3v) is 12.4. The summed E-state index contributed by atoms with van der Waals surface area (Å²) in [6.45, 7) is 23.3. The molecule has 0 saturated carbocycles. The molecule has 0 bridgehead atoms. The minimum Gasteiger partial charge on any atom is -0.493 e. The van der Waals surface area contributed by atoms with Crippen molar-refractivity contribution in [3.05, 3.63) is 85.5 Å². The second-order valence-electron chi connectivity index (χ2n) is 17.8. The number of aliphatic hydroxyl groups excluding tert-OH is 2. The molecule has 1 heterocycles. The van der Waals surface area contributed by atoms with Gasteiger partial charge in [0.05, 0.1) is 0 Å². The van der Waals surface area contributed by atoms with Crippen LogP contribution in [0.25, 0.3) is 16.9 Å². The van der Waals surface area contributed by atoms with E-state index in [0.29, 0.717) is 13.2 Å². The Morgan fingerprint density at radius 1 is 0.355 bits per heavy atom. The molecule has 4 nitrogen and oxygen atoms in total. The number of aryl methyl sites for hydroxylation is 4. The molecule has 358 valence electrons. The van der Waals surface area contributed by atoms with E-state index in [1.165, 1.54) is 154 Å². The van der Waals surface area contributed by atoms with Crippen LogP contribution in [0.3, 0.4) is 0 Å². The Morgan fingerprint density at radius 2 is 0.613 bits per heavy atom. The molecule has 3 rings (SSSR count). The zero-order valence-corrected chi connectivity index (χ0v) is 43.3. The van der Waals surface area contributed by atoms with Crippen LogP contribution in [0.4, 0.5) is 0 Å². The first-order valence-electron chi connectivity index (χ1n) is 26.2. The van der Waals surface area contributed by atoms with E-state index in [0.717, 1.165) is 88.4 Å². The van der Waals surface area contributed by atoms with Crippen molar-refractivity contribution in [2.75, 3.05) is 13.2 Å². The monoisotopic (exact) mass is 901 g/mol. The Hall–Kier alpha value is -2.07. The fourth-order valence-corrected chi connectivity index (χ4v) is 8.59. The van der Waals surface area contributed by atoms with Gasteiger partial charge in [-0.25, -0.2) is 4.70 Å². The molecule has 5 heteroatoms. The summed E-state index contributed by atoms with van der Waals surface area (Å²) in [5, 5.41) is 16.1. The van der Waals surface area contributed by atoms with Crippen molar-refractivity contribution in [2.45, 2.75) is 255 Å². The van der Waals surface area contributed by atoms with Gasteiger partial charge in [-0.2, -0.15) is 0 Å². The first kappa shape index (κ1) is 59.9. The maximum atomic E-state index is 12.8. The first-order chi connectivity index (χ1) is 29.8. The summed E-state index contributed by atoms with van der Waals surface area (Å²) >= 11 is 0. The van der Waals surface area contributed by atoms with E-state index in [1.54, 1.807) is 15.8 Å². The second kappa shape index (κ2) is 38.2. The minimum atomic E-state index is 0. The summed E-state index contributed by atoms with van der Waals surface area (Å²) in [4.78, 5) is 0. The fourth-order valence-electron chi connectivity index (χ4n) is 8.59. The molecule has 0 atom stereocenters. The van der Waals surface area contributed by atoms with Crippen molar-refractivity contribution < 1.29 is 31.4 Å². The Balaban J connectivity index is 0.00000302. The van der Waals surface area contributed by atoms with Crippen molar-refractivity contribution in [2.24, 2.45) is 0 Å². The third-order valence-electron chi connectivity index (χ3n) is 12.4. The van der Waals surface area contributed by atoms with Crippen molar-refractivity contribution in [3.8, 4) is 0 Å². The number of hydrogen-bond donors (Lipinski definition) is 2. The summed E-state index contributed by atoms with van der Waals surface area (Å²) in [6, 6.07) is 10.1. The van der Waals surface area contributed by atoms with Gasteiger partial charge in [0.25, 0.3) is 0 Å². The summed E-state index contributed by atoms with van der Waals surface area (Å²) in [5.74, 6) is 0. The van der Waals surface area contributed by atoms with Crippen LogP contribution < -0.4 is 0 Å². The van der Waals surface area contributed by atoms with Crippen molar-refractivity contribution in [1.29, 1.82) is 0 Å². The molecule has 0 aromatic heterocycles. The first-order valence-corrected chi connectivity index (χ1v) is 26.2. The number of unbranched alkanes of at least 4 members (excludes halogenated alkanes) is 11. The van der Waals surface area contributed by atoms with Crippen LogP contribution in [-0.4, -0.2) is 28.1 Å². The average Bonchev–Trinajstić information content (AvgIpc) is 3.54. The van der Waals surface area contributed by atoms with Gasteiger partial charge in [0.1, 0.15) is 0 Å². The van der Waals surface area contributed by atoms with E-state index in [-0.39, 0.29) is 16.5 Å². The number of allylic oxidation sites excluding steroid dienone is 2. The Kier molecular flexibility index (Phi) is 37.0. The van der Waals surface area contributed by atoms with E-state index in [2.05, 4.69) is 93.5 Å². The molecule has 2 N–H and O–H groups in total. The molecule has 1 aliphatic rings. The number of hydrogen-bond acceptors (Lipinski definition) is 2. The normalized spacial score (nSPS) is 12.4. The predicted octanol–water partition coefficient (Wildman–Crippen LogP) is 17.2. The molecule has 0 saturated heterocycles. The van der Waals surface area contributed by atoms with Gasteiger partial charge in [-0.15, -0.1) is 0 Å². The quantitative estimate of drug-likeness (QED) is 0.0450. The molecule has 0 unspecified atom stereocenters. The van der Waals surface area contributed by atoms with Gasteiger partial charge in [0.15, 0.2) is 0 Å². The molecule has 0 amide bonds.